The average Bonchev–Trinajstić information content (AvgIpc) is 2.52. The molecule has 1 saturated heterocycles. The van der Waals surface area contributed by atoms with Gasteiger partial charge in [-0.1, -0.05) is 20.8 Å². The largest absolute Gasteiger partial charge is 0.325 e. The Kier molecular flexibility index (Phi) is 5.59. The molecule has 3 atom stereocenters. The molecule has 100 valence electrons. The second-order valence-corrected chi connectivity index (χ2v) is 6.64. The molecule has 1 aliphatic rings. The van der Waals surface area contributed by atoms with E-state index in [0.717, 1.165) is 12.8 Å². The number of carbonyl (C=O) groups excluding carboxylic acids is 1. The Morgan fingerprint density at radius 1 is 1.47 bits per heavy atom. The van der Waals surface area contributed by atoms with E-state index < -0.39 is 10.8 Å². The summed E-state index contributed by atoms with van der Waals surface area (Å²) in [6, 6.07) is -0.0507. The highest BCUT2D eigenvalue weighted by molar-refractivity contribution is 7.84. The second kappa shape index (κ2) is 6.50. The summed E-state index contributed by atoms with van der Waals surface area (Å²) in [6.07, 6.45) is 3.58. The molecule has 0 spiro atoms. The van der Waals surface area contributed by atoms with Gasteiger partial charge in [0.2, 0.25) is 5.91 Å². The Morgan fingerprint density at radius 3 is 2.59 bits per heavy atom. The highest BCUT2D eigenvalue weighted by Crippen LogP contribution is 2.18. The fraction of sp³-hybridized carbons (Fsp3) is 0.917. The molecular formula is C12H24N2O2S. The van der Waals surface area contributed by atoms with E-state index in [1.165, 1.54) is 0 Å². The molecule has 1 aliphatic heterocycles. The number of rotatable bonds is 6. The normalized spacial score (nSPS) is 26.9. The number of carbonyl (C=O) groups is 1. The lowest BCUT2D eigenvalue weighted by Gasteiger charge is -2.22. The molecule has 1 fully saturated rings. The summed E-state index contributed by atoms with van der Waals surface area (Å²) in [4.78, 5) is 14.0. The van der Waals surface area contributed by atoms with E-state index in [4.69, 9.17) is 0 Å². The van der Waals surface area contributed by atoms with Crippen LogP contribution in [0.2, 0.25) is 0 Å². The van der Waals surface area contributed by atoms with Gasteiger partial charge in [-0.05, 0) is 18.8 Å². The van der Waals surface area contributed by atoms with Crippen LogP contribution in [0.15, 0.2) is 0 Å². The highest BCUT2D eigenvalue weighted by Gasteiger charge is 2.37. The third-order valence-corrected chi connectivity index (χ3v) is 3.82. The fourth-order valence-corrected chi connectivity index (χ4v) is 2.67. The van der Waals surface area contributed by atoms with Crippen LogP contribution >= 0.6 is 0 Å². The van der Waals surface area contributed by atoms with Gasteiger partial charge in [0.25, 0.3) is 0 Å². The standard InChI is InChI=1S/C12H24N2O2S/c1-5-11-13-10(8-9(2)3)12(15)14(11)6-7-17(4)16/h9-11,13H,5-8H2,1-4H3. The molecule has 1 N–H and O–H groups in total. The summed E-state index contributed by atoms with van der Waals surface area (Å²) in [6.45, 7) is 6.92. The molecule has 0 aliphatic carbocycles. The van der Waals surface area contributed by atoms with Crippen molar-refractivity contribution in [3.63, 3.8) is 0 Å². The fourth-order valence-electron chi connectivity index (χ4n) is 2.22. The maximum Gasteiger partial charge on any atom is 0.241 e. The van der Waals surface area contributed by atoms with Gasteiger partial charge in [-0.25, -0.2) is 0 Å². The quantitative estimate of drug-likeness (QED) is 0.773. The van der Waals surface area contributed by atoms with E-state index in [1.807, 2.05) is 4.90 Å². The summed E-state index contributed by atoms with van der Waals surface area (Å²) in [5.41, 5.74) is 0. The van der Waals surface area contributed by atoms with Crippen LogP contribution in [0, 0.1) is 5.92 Å². The van der Waals surface area contributed by atoms with E-state index in [1.54, 1.807) is 6.26 Å². The summed E-state index contributed by atoms with van der Waals surface area (Å²) < 4.78 is 11.1. The van der Waals surface area contributed by atoms with Crippen molar-refractivity contribution in [3.05, 3.63) is 0 Å². The Morgan fingerprint density at radius 2 is 2.12 bits per heavy atom. The predicted molar refractivity (Wildman–Crippen MR) is 71.1 cm³/mol. The molecule has 3 unspecified atom stereocenters. The molecule has 0 aromatic carbocycles. The lowest BCUT2D eigenvalue weighted by Crippen LogP contribution is -2.39. The van der Waals surface area contributed by atoms with Gasteiger partial charge in [-0.2, -0.15) is 0 Å². The Hall–Kier alpha value is -0.420. The van der Waals surface area contributed by atoms with Crippen molar-refractivity contribution in [2.24, 2.45) is 5.92 Å². The minimum absolute atomic E-state index is 0.0507. The maximum atomic E-state index is 12.2. The summed E-state index contributed by atoms with van der Waals surface area (Å²) >= 11 is 0. The van der Waals surface area contributed by atoms with Crippen LogP contribution in [0.25, 0.3) is 0 Å². The highest BCUT2D eigenvalue weighted by atomic mass is 32.2. The van der Waals surface area contributed by atoms with Gasteiger partial charge in [0.1, 0.15) is 0 Å². The van der Waals surface area contributed by atoms with Crippen LogP contribution in [0.5, 0.6) is 0 Å². The zero-order valence-corrected chi connectivity index (χ0v) is 12.0. The predicted octanol–water partition coefficient (Wildman–Crippen LogP) is 0.948. The Balaban J connectivity index is 2.61. The summed E-state index contributed by atoms with van der Waals surface area (Å²) in [5.74, 6) is 1.25. The van der Waals surface area contributed by atoms with Crippen LogP contribution in [-0.2, 0) is 15.6 Å². The zero-order valence-electron chi connectivity index (χ0n) is 11.2. The van der Waals surface area contributed by atoms with Gasteiger partial charge in [-0.15, -0.1) is 0 Å². The minimum atomic E-state index is -0.837. The van der Waals surface area contributed by atoms with Crippen LogP contribution < -0.4 is 5.32 Å². The molecule has 1 amide bonds. The molecule has 1 rings (SSSR count). The monoisotopic (exact) mass is 260 g/mol. The van der Waals surface area contributed by atoms with Crippen molar-refractivity contribution in [1.29, 1.82) is 0 Å². The molecular weight excluding hydrogens is 236 g/mol. The topological polar surface area (TPSA) is 49.4 Å². The lowest BCUT2D eigenvalue weighted by molar-refractivity contribution is -0.130. The van der Waals surface area contributed by atoms with Crippen molar-refractivity contribution >= 4 is 16.7 Å². The molecule has 5 heteroatoms. The van der Waals surface area contributed by atoms with Gasteiger partial charge in [-0.3, -0.25) is 14.3 Å². The number of nitrogens with one attached hydrogen (secondary N) is 1. The van der Waals surface area contributed by atoms with E-state index in [-0.39, 0.29) is 18.1 Å². The molecule has 0 bridgehead atoms. The van der Waals surface area contributed by atoms with Gasteiger partial charge in [0.05, 0.1) is 12.2 Å². The van der Waals surface area contributed by atoms with Crippen LogP contribution in [0.1, 0.15) is 33.6 Å². The SMILES string of the molecule is CCC1NC(CC(C)C)C(=O)N1CCS(C)=O. The zero-order chi connectivity index (χ0) is 13.0. The van der Waals surface area contributed by atoms with E-state index in [2.05, 4.69) is 26.1 Å². The van der Waals surface area contributed by atoms with Crippen LogP contribution in [0.3, 0.4) is 0 Å². The number of hydrogen-bond acceptors (Lipinski definition) is 3. The first-order valence-corrected chi connectivity index (χ1v) is 8.05. The van der Waals surface area contributed by atoms with Gasteiger partial charge in [0, 0.05) is 29.4 Å². The van der Waals surface area contributed by atoms with Crippen LogP contribution in [0.4, 0.5) is 0 Å². The van der Waals surface area contributed by atoms with Crippen LogP contribution in [-0.4, -0.2) is 45.8 Å². The number of nitrogens with zero attached hydrogens (tertiary/aromatic N) is 1. The Bertz CT molecular complexity index is 294. The third-order valence-electron chi connectivity index (χ3n) is 3.06. The minimum Gasteiger partial charge on any atom is -0.325 e. The first-order chi connectivity index (χ1) is 7.95. The van der Waals surface area contributed by atoms with Crippen molar-refractivity contribution in [2.45, 2.75) is 45.8 Å². The van der Waals surface area contributed by atoms with Gasteiger partial charge >= 0.3 is 0 Å². The Labute approximate surface area is 107 Å². The molecule has 0 saturated carbocycles. The molecule has 1 heterocycles. The molecule has 0 radical (unpaired) electrons. The number of amides is 1. The molecule has 17 heavy (non-hydrogen) atoms. The summed E-state index contributed by atoms with van der Waals surface area (Å²) in [7, 11) is -0.837. The van der Waals surface area contributed by atoms with Crippen molar-refractivity contribution in [1.82, 2.24) is 10.2 Å². The van der Waals surface area contributed by atoms with Crippen molar-refractivity contribution < 1.29 is 9.00 Å². The van der Waals surface area contributed by atoms with E-state index >= 15 is 0 Å². The van der Waals surface area contributed by atoms with Gasteiger partial charge in [0.15, 0.2) is 0 Å². The molecule has 0 aromatic rings. The van der Waals surface area contributed by atoms with Gasteiger partial charge < -0.3 is 4.90 Å². The number of hydrogen-bond donors (Lipinski definition) is 1. The van der Waals surface area contributed by atoms with E-state index in [9.17, 15) is 9.00 Å². The maximum absolute atomic E-state index is 12.2. The van der Waals surface area contributed by atoms with Crippen molar-refractivity contribution in [2.75, 3.05) is 18.6 Å². The average molecular weight is 260 g/mol. The molecule has 4 nitrogen and oxygen atoms in total. The lowest BCUT2D eigenvalue weighted by atomic mass is 10.0. The third kappa shape index (κ3) is 4.07. The first kappa shape index (κ1) is 14.6. The summed E-state index contributed by atoms with van der Waals surface area (Å²) in [5, 5.41) is 3.37. The second-order valence-electron chi connectivity index (χ2n) is 5.08. The first-order valence-electron chi connectivity index (χ1n) is 6.32. The molecule has 0 aromatic heterocycles. The van der Waals surface area contributed by atoms with Crippen molar-refractivity contribution in [3.8, 4) is 0 Å². The smallest absolute Gasteiger partial charge is 0.241 e. The van der Waals surface area contributed by atoms with E-state index in [0.29, 0.717) is 18.2 Å².